The largest absolute Gasteiger partial charge is 0.442 e. The van der Waals surface area contributed by atoms with Crippen LogP contribution in [0.1, 0.15) is 65.2 Å². The van der Waals surface area contributed by atoms with Crippen LogP contribution in [0, 0.1) is 0 Å². The maximum atomic E-state index is 7.14. The van der Waals surface area contributed by atoms with Crippen molar-refractivity contribution in [2.24, 2.45) is 0 Å². The van der Waals surface area contributed by atoms with Gasteiger partial charge in [-0.1, -0.05) is 58.3 Å². The van der Waals surface area contributed by atoms with Crippen molar-refractivity contribution in [3.8, 4) is 0 Å². The van der Waals surface area contributed by atoms with Gasteiger partial charge in [0, 0.05) is 6.61 Å². The Balaban J connectivity index is 0. The van der Waals surface area contributed by atoms with Crippen molar-refractivity contribution in [1.82, 2.24) is 0 Å². The molecule has 0 aliphatic carbocycles. The molecule has 0 spiro atoms. The molecule has 2 nitrogen and oxygen atoms in total. The molecule has 4 heteroatoms. The Hall–Kier alpha value is 0.354. The molecule has 0 bridgehead atoms. The Kier molecular flexibility index (Phi) is 17.7. The molecule has 0 unspecified atom stereocenters. The highest BCUT2D eigenvalue weighted by Gasteiger charge is 2.20. The van der Waals surface area contributed by atoms with E-state index < -0.39 is 8.32 Å². The van der Waals surface area contributed by atoms with Crippen LogP contribution in [0.15, 0.2) is 0 Å². The van der Waals surface area contributed by atoms with Crippen LogP contribution >= 0.6 is 0 Å². The minimum absolute atomic E-state index is 0.306. The fourth-order valence-electron chi connectivity index (χ4n) is 2.15. The maximum Gasteiger partial charge on any atom is 0.186 e. The second kappa shape index (κ2) is 15.4. The van der Waals surface area contributed by atoms with Gasteiger partial charge in [-0.25, -0.2) is 0 Å². The van der Waals surface area contributed by atoms with Gasteiger partial charge in [0.15, 0.2) is 8.32 Å². The SMILES string of the molecule is CCCCCCCCCC[Si](C)(C)OCC.O[SiH3]. The van der Waals surface area contributed by atoms with Gasteiger partial charge in [-0.3, -0.25) is 0 Å². The molecule has 1 N–H and O–H groups in total. The molecule has 18 heavy (non-hydrogen) atoms. The zero-order valence-electron chi connectivity index (χ0n) is 13.4. The molecule has 0 aromatic carbocycles. The van der Waals surface area contributed by atoms with E-state index in [9.17, 15) is 0 Å². The minimum Gasteiger partial charge on any atom is -0.442 e. The van der Waals surface area contributed by atoms with E-state index in [1.54, 1.807) is 0 Å². The molecule has 0 amide bonds. The summed E-state index contributed by atoms with van der Waals surface area (Å²) in [5, 5.41) is 0. The Morgan fingerprint density at radius 2 is 1.28 bits per heavy atom. The molecule has 0 aromatic rings. The van der Waals surface area contributed by atoms with Crippen molar-refractivity contribution >= 4 is 18.8 Å². The van der Waals surface area contributed by atoms with Crippen molar-refractivity contribution in [3.05, 3.63) is 0 Å². The third-order valence-corrected chi connectivity index (χ3v) is 5.80. The quantitative estimate of drug-likeness (QED) is 0.465. The summed E-state index contributed by atoms with van der Waals surface area (Å²) in [4.78, 5) is 7.14. The average molecular weight is 293 g/mol. The number of rotatable bonds is 11. The first kappa shape index (κ1) is 20.7. The first-order valence-corrected chi connectivity index (χ1v) is 11.7. The highest BCUT2D eigenvalue weighted by Crippen LogP contribution is 2.17. The van der Waals surface area contributed by atoms with Gasteiger partial charge in [0.05, 0.1) is 0 Å². The number of hydrogen-bond acceptors (Lipinski definition) is 2. The highest BCUT2D eigenvalue weighted by molar-refractivity contribution is 6.71. The van der Waals surface area contributed by atoms with Crippen molar-refractivity contribution in [2.45, 2.75) is 84.4 Å². The summed E-state index contributed by atoms with van der Waals surface area (Å²) in [6, 6.07) is 1.34. The molecular formula is C14H36O2Si2. The molecule has 112 valence electrons. The maximum absolute atomic E-state index is 7.14. The molecular weight excluding hydrogens is 256 g/mol. The van der Waals surface area contributed by atoms with E-state index in [1.165, 1.54) is 57.4 Å². The molecule has 0 aliphatic heterocycles. The Bertz CT molecular complexity index is 153. The molecule has 0 fully saturated rings. The van der Waals surface area contributed by atoms with Crippen LogP contribution < -0.4 is 0 Å². The molecule has 0 saturated carbocycles. The summed E-state index contributed by atoms with van der Waals surface area (Å²) in [7, 11) is -0.979. The predicted octanol–water partition coefficient (Wildman–Crippen LogP) is 3.63. The van der Waals surface area contributed by atoms with Gasteiger partial charge >= 0.3 is 0 Å². The zero-order valence-corrected chi connectivity index (χ0v) is 16.4. The first-order valence-electron chi connectivity index (χ1n) is 7.71. The van der Waals surface area contributed by atoms with Crippen LogP contribution in [0.4, 0.5) is 0 Å². The Labute approximate surface area is 119 Å². The van der Waals surface area contributed by atoms with Crippen LogP contribution in [0.3, 0.4) is 0 Å². The number of unbranched alkanes of at least 4 members (excludes halogenated alkanes) is 7. The lowest BCUT2D eigenvalue weighted by atomic mass is 10.1. The first-order chi connectivity index (χ1) is 8.62. The predicted molar refractivity (Wildman–Crippen MR) is 88.7 cm³/mol. The van der Waals surface area contributed by atoms with Crippen LogP contribution in [-0.4, -0.2) is 30.2 Å². The van der Waals surface area contributed by atoms with Crippen LogP contribution in [0.5, 0.6) is 0 Å². The smallest absolute Gasteiger partial charge is 0.186 e. The molecule has 0 aliphatic rings. The Morgan fingerprint density at radius 1 is 0.833 bits per heavy atom. The van der Waals surface area contributed by atoms with Gasteiger partial charge in [-0.15, -0.1) is 0 Å². The molecule has 0 saturated heterocycles. The second-order valence-electron chi connectivity index (χ2n) is 5.42. The van der Waals surface area contributed by atoms with Gasteiger partial charge in [0.1, 0.15) is 10.5 Å². The highest BCUT2D eigenvalue weighted by atomic mass is 28.4. The standard InChI is InChI=1S/C14H32OSi.H4OSi/c1-5-7-8-9-10-11-12-13-14-16(3,4)15-6-2;1-2/h5-14H2,1-4H3;1H,2H3. The van der Waals surface area contributed by atoms with Gasteiger partial charge in [-0.05, 0) is 26.1 Å². The normalized spacial score (nSPS) is 11.2. The van der Waals surface area contributed by atoms with Crippen molar-refractivity contribution in [3.63, 3.8) is 0 Å². The van der Waals surface area contributed by atoms with E-state index in [1.807, 2.05) is 0 Å². The lowest BCUT2D eigenvalue weighted by Gasteiger charge is -2.21. The number of hydrogen-bond donors (Lipinski definition) is 1. The second-order valence-corrected chi connectivity index (χ2v) is 9.73. The van der Waals surface area contributed by atoms with Crippen molar-refractivity contribution in [1.29, 1.82) is 0 Å². The van der Waals surface area contributed by atoms with Crippen LogP contribution in [0.2, 0.25) is 19.1 Å². The summed E-state index contributed by atoms with van der Waals surface area (Å²) in [6.07, 6.45) is 11.3. The zero-order chi connectivity index (χ0) is 14.3. The monoisotopic (exact) mass is 292 g/mol. The lowest BCUT2D eigenvalue weighted by molar-refractivity contribution is 0.327. The van der Waals surface area contributed by atoms with Crippen LogP contribution in [-0.2, 0) is 4.43 Å². The lowest BCUT2D eigenvalue weighted by Crippen LogP contribution is -2.29. The third-order valence-electron chi connectivity index (χ3n) is 3.17. The average Bonchev–Trinajstić information content (AvgIpc) is 2.35. The van der Waals surface area contributed by atoms with E-state index >= 15 is 0 Å². The fraction of sp³-hybridized carbons (Fsp3) is 1.00. The summed E-state index contributed by atoms with van der Waals surface area (Å²) in [5.74, 6) is 0. The van der Waals surface area contributed by atoms with Crippen LogP contribution in [0.25, 0.3) is 0 Å². The third kappa shape index (κ3) is 16.4. The fourth-order valence-corrected chi connectivity index (χ4v) is 4.17. The summed E-state index contributed by atoms with van der Waals surface area (Å²) in [6.45, 7) is 9.98. The van der Waals surface area contributed by atoms with Gasteiger partial charge in [-0.2, -0.15) is 0 Å². The van der Waals surface area contributed by atoms with Crippen molar-refractivity contribution in [2.75, 3.05) is 6.61 Å². The Morgan fingerprint density at radius 3 is 1.72 bits per heavy atom. The van der Waals surface area contributed by atoms with Crippen molar-refractivity contribution < 1.29 is 9.22 Å². The molecule has 0 rings (SSSR count). The summed E-state index contributed by atoms with van der Waals surface area (Å²) < 4.78 is 5.83. The van der Waals surface area contributed by atoms with Gasteiger partial charge < -0.3 is 9.22 Å². The van der Waals surface area contributed by atoms with E-state index in [0.717, 1.165) is 6.61 Å². The molecule has 0 aromatic heterocycles. The summed E-state index contributed by atoms with van der Waals surface area (Å²) in [5.41, 5.74) is 0. The topological polar surface area (TPSA) is 29.5 Å². The van der Waals surface area contributed by atoms with E-state index in [2.05, 4.69) is 26.9 Å². The van der Waals surface area contributed by atoms with E-state index in [-0.39, 0.29) is 0 Å². The molecule has 0 radical (unpaired) electrons. The van der Waals surface area contributed by atoms with E-state index in [4.69, 9.17) is 9.22 Å². The molecule has 0 atom stereocenters. The van der Waals surface area contributed by atoms with E-state index in [0.29, 0.717) is 10.5 Å². The molecule has 0 heterocycles. The van der Waals surface area contributed by atoms with Gasteiger partial charge in [0.25, 0.3) is 0 Å². The summed E-state index contributed by atoms with van der Waals surface area (Å²) >= 11 is 0. The minimum atomic E-state index is -1.28. The van der Waals surface area contributed by atoms with Gasteiger partial charge in [0.2, 0.25) is 0 Å².